The third kappa shape index (κ3) is 13.5. The molecule has 0 spiro atoms. The molecular formula is C39H50ClN5O7S. The Labute approximate surface area is 317 Å². The molecule has 1 aliphatic heterocycles. The van der Waals surface area contributed by atoms with Crippen LogP contribution >= 0.6 is 11.6 Å². The number of rotatable bonds is 22. The number of ether oxygens (including phenoxy) is 1. The van der Waals surface area contributed by atoms with Gasteiger partial charge in [-0.25, -0.2) is 0 Å². The highest BCUT2D eigenvalue weighted by Gasteiger charge is 2.39. The third-order valence-electron chi connectivity index (χ3n) is 8.82. The summed E-state index contributed by atoms with van der Waals surface area (Å²) in [6.07, 6.45) is 18.3. The molecule has 3 N–H and O–H groups in total. The molecule has 12 nitrogen and oxygen atoms in total. The summed E-state index contributed by atoms with van der Waals surface area (Å²) in [6, 6.07) is 14.7. The zero-order valence-electron chi connectivity index (χ0n) is 30.3. The molecule has 14 heteroatoms. The minimum atomic E-state index is -4.81. The number of nitrogens with one attached hydrogen (secondary N) is 1. The molecule has 0 fully saturated rings. The van der Waals surface area contributed by atoms with Crippen LogP contribution in [0.1, 0.15) is 110 Å². The van der Waals surface area contributed by atoms with Gasteiger partial charge >= 0.3 is 0 Å². The van der Waals surface area contributed by atoms with Crippen LogP contribution in [-0.4, -0.2) is 41.8 Å². The van der Waals surface area contributed by atoms with E-state index >= 15 is 0 Å². The molecule has 1 unspecified atom stereocenters. The Kier molecular flexibility index (Phi) is 16.7. The zero-order valence-corrected chi connectivity index (χ0v) is 31.8. The van der Waals surface area contributed by atoms with Crippen LogP contribution in [0.3, 0.4) is 0 Å². The van der Waals surface area contributed by atoms with Crippen LogP contribution in [0.5, 0.6) is 17.2 Å². The van der Waals surface area contributed by atoms with Crippen LogP contribution in [0, 0.1) is 0 Å². The summed E-state index contributed by atoms with van der Waals surface area (Å²) in [5, 5.41) is 25.8. The maximum absolute atomic E-state index is 13.7. The molecule has 0 aromatic heterocycles. The highest BCUT2D eigenvalue weighted by Crippen LogP contribution is 2.35. The van der Waals surface area contributed by atoms with E-state index in [1.807, 2.05) is 0 Å². The van der Waals surface area contributed by atoms with Crippen LogP contribution in [0.25, 0.3) is 0 Å². The summed E-state index contributed by atoms with van der Waals surface area (Å²) in [5.74, 6) is -1.15. The van der Waals surface area contributed by atoms with E-state index < -0.39 is 27.0 Å². The maximum Gasteiger partial charge on any atom is 0.298 e. The van der Waals surface area contributed by atoms with E-state index in [1.165, 1.54) is 101 Å². The fourth-order valence-electron chi connectivity index (χ4n) is 5.92. The number of phenolic OH excluding ortho intramolecular Hbond substituents is 1. The van der Waals surface area contributed by atoms with E-state index in [9.17, 15) is 27.7 Å². The summed E-state index contributed by atoms with van der Waals surface area (Å²) in [7, 11) is -4.81. The highest BCUT2D eigenvalue weighted by atomic mass is 35.5. The number of aromatic hydroxyl groups is 1. The van der Waals surface area contributed by atoms with Crippen molar-refractivity contribution in [3.8, 4) is 17.2 Å². The van der Waals surface area contributed by atoms with Crippen molar-refractivity contribution in [3.05, 3.63) is 71.8 Å². The number of benzene rings is 3. The first-order valence-electron chi connectivity index (χ1n) is 18.5. The molecule has 0 saturated heterocycles. The average molecular weight is 768 g/mol. The summed E-state index contributed by atoms with van der Waals surface area (Å²) in [4.78, 5) is 26.1. The maximum atomic E-state index is 13.7. The number of carbonyl (C=O) groups excluding carboxylic acids is 2. The van der Waals surface area contributed by atoms with Gasteiger partial charge in [0.2, 0.25) is 11.9 Å². The number of amides is 2. The number of hydrazone groups is 1. The smallest absolute Gasteiger partial charge is 0.298 e. The van der Waals surface area contributed by atoms with E-state index in [0.717, 1.165) is 30.3 Å². The number of hydrogen-bond donors (Lipinski definition) is 3. The van der Waals surface area contributed by atoms with Gasteiger partial charge in [0.15, 0.2) is 5.84 Å². The number of phenols is 1. The Morgan fingerprint density at radius 3 is 2.06 bits per heavy atom. The molecule has 53 heavy (non-hydrogen) atoms. The van der Waals surface area contributed by atoms with Crippen LogP contribution in [0.15, 0.2) is 87.0 Å². The van der Waals surface area contributed by atoms with Gasteiger partial charge in [-0.2, -0.15) is 23.7 Å². The number of carbonyl (C=O) groups is 2. The lowest BCUT2D eigenvalue weighted by Gasteiger charge is -2.15. The SMILES string of the molecule is CCCCCCCCCCCCCCCCCC(=O)NC1=NN(c2ccc(Oc3ccccc3)c(S(=O)(=O)O)c2)C(=O)C1/N=N/c1ccc(O)cc1Cl. The molecule has 1 atom stereocenters. The summed E-state index contributed by atoms with van der Waals surface area (Å²) in [5.41, 5.74) is 0.132. The van der Waals surface area contributed by atoms with Crippen molar-refractivity contribution >= 4 is 50.7 Å². The van der Waals surface area contributed by atoms with Gasteiger partial charge in [-0.05, 0) is 48.9 Å². The largest absolute Gasteiger partial charge is 0.508 e. The second-order valence-electron chi connectivity index (χ2n) is 13.2. The van der Waals surface area contributed by atoms with Crippen molar-refractivity contribution in [2.75, 3.05) is 5.01 Å². The number of azo groups is 1. The third-order valence-corrected chi connectivity index (χ3v) is 9.99. The number of anilines is 1. The van der Waals surface area contributed by atoms with Crippen molar-refractivity contribution in [3.63, 3.8) is 0 Å². The van der Waals surface area contributed by atoms with Gasteiger partial charge in [0, 0.05) is 12.5 Å². The second-order valence-corrected chi connectivity index (χ2v) is 15.0. The van der Waals surface area contributed by atoms with Crippen LogP contribution in [0.4, 0.5) is 11.4 Å². The summed E-state index contributed by atoms with van der Waals surface area (Å²) < 4.78 is 40.5. The number of amidine groups is 1. The van der Waals surface area contributed by atoms with Crippen LogP contribution < -0.4 is 15.1 Å². The molecule has 1 heterocycles. The first kappa shape index (κ1) is 41.4. The first-order chi connectivity index (χ1) is 25.6. The second kappa shape index (κ2) is 21.4. The average Bonchev–Trinajstić information content (AvgIpc) is 3.43. The molecule has 1 aliphatic rings. The Bertz CT molecular complexity index is 1820. The number of para-hydroxylation sites is 1. The fourth-order valence-corrected chi connectivity index (χ4v) is 6.76. The van der Waals surface area contributed by atoms with E-state index in [0.29, 0.717) is 12.2 Å². The highest BCUT2D eigenvalue weighted by molar-refractivity contribution is 7.86. The van der Waals surface area contributed by atoms with Gasteiger partial charge in [-0.15, -0.1) is 5.10 Å². The lowest BCUT2D eigenvalue weighted by molar-refractivity contribution is -0.119. The standard InChI is InChI=1S/C39H50ClN5O7S/c1-2-3-4-5-6-7-8-9-10-11-12-13-14-15-19-22-36(47)41-38-37(43-42-33-25-24-30(46)28-32(33)40)39(48)45(44-38)29-23-26-34(35(27-29)53(49,50)51)52-31-20-17-16-18-21-31/h16-18,20-21,23-28,37,46H,2-15,19,22H2,1H3,(H,41,44,47)(H,49,50,51)/b43-42+. The first-order valence-corrected chi connectivity index (χ1v) is 20.3. The molecule has 0 radical (unpaired) electrons. The molecule has 286 valence electrons. The molecule has 3 aromatic rings. The van der Waals surface area contributed by atoms with Crippen molar-refractivity contribution in [1.29, 1.82) is 0 Å². The van der Waals surface area contributed by atoms with Crippen molar-refractivity contribution in [2.24, 2.45) is 15.3 Å². The van der Waals surface area contributed by atoms with Crippen molar-refractivity contribution < 1.29 is 32.4 Å². The Hall–Kier alpha value is -4.33. The quantitative estimate of drug-likeness (QED) is 0.0519. The zero-order chi connectivity index (χ0) is 38.1. The molecular weight excluding hydrogens is 718 g/mol. The molecule has 3 aromatic carbocycles. The number of unbranched alkanes of at least 4 members (excludes halogenated alkanes) is 14. The van der Waals surface area contributed by atoms with E-state index in [-0.39, 0.29) is 46.1 Å². The van der Waals surface area contributed by atoms with Crippen molar-refractivity contribution in [1.82, 2.24) is 5.32 Å². The Morgan fingerprint density at radius 2 is 1.47 bits per heavy atom. The Morgan fingerprint density at radius 1 is 0.868 bits per heavy atom. The van der Waals surface area contributed by atoms with Gasteiger partial charge < -0.3 is 15.2 Å². The van der Waals surface area contributed by atoms with E-state index in [2.05, 4.69) is 27.6 Å². The minimum Gasteiger partial charge on any atom is -0.508 e. The van der Waals surface area contributed by atoms with Gasteiger partial charge in [-0.1, -0.05) is 127 Å². The minimum absolute atomic E-state index is 0.0300. The van der Waals surface area contributed by atoms with Gasteiger partial charge in [0.1, 0.15) is 27.8 Å². The predicted octanol–water partition coefficient (Wildman–Crippen LogP) is 10.3. The number of nitrogens with zero attached hydrogens (tertiary/aromatic N) is 4. The monoisotopic (exact) mass is 767 g/mol. The summed E-state index contributed by atoms with van der Waals surface area (Å²) >= 11 is 6.18. The molecule has 4 rings (SSSR count). The number of halogens is 1. The normalized spacial score (nSPS) is 14.5. The molecule has 0 saturated carbocycles. The molecule has 0 aliphatic carbocycles. The lowest BCUT2D eigenvalue weighted by Crippen LogP contribution is -2.39. The van der Waals surface area contributed by atoms with Gasteiger partial charge in [0.25, 0.3) is 16.0 Å². The lowest BCUT2D eigenvalue weighted by atomic mass is 10.0. The van der Waals surface area contributed by atoms with E-state index in [1.54, 1.807) is 30.3 Å². The van der Waals surface area contributed by atoms with Gasteiger partial charge in [0.05, 0.1) is 10.7 Å². The molecule has 2 amide bonds. The van der Waals surface area contributed by atoms with Crippen LogP contribution in [0.2, 0.25) is 5.02 Å². The summed E-state index contributed by atoms with van der Waals surface area (Å²) in [6.45, 7) is 2.24. The predicted molar refractivity (Wildman–Crippen MR) is 207 cm³/mol. The van der Waals surface area contributed by atoms with Gasteiger partial charge in [-0.3, -0.25) is 14.1 Å². The molecule has 0 bridgehead atoms. The van der Waals surface area contributed by atoms with Crippen molar-refractivity contribution in [2.45, 2.75) is 121 Å². The number of hydrogen-bond acceptors (Lipinski definition) is 9. The van der Waals surface area contributed by atoms with E-state index in [4.69, 9.17) is 16.3 Å². The Balaban J connectivity index is 1.36. The topological polar surface area (TPSA) is 170 Å². The fraction of sp³-hybridized carbons (Fsp3) is 0.462. The van der Waals surface area contributed by atoms with Crippen LogP contribution in [-0.2, 0) is 19.7 Å².